The molecule has 5 heteroatoms. The van der Waals surface area contributed by atoms with Crippen LogP contribution in [0.3, 0.4) is 0 Å². The van der Waals surface area contributed by atoms with Crippen molar-refractivity contribution in [3.63, 3.8) is 0 Å². The maximum absolute atomic E-state index is 11.3. The summed E-state index contributed by atoms with van der Waals surface area (Å²) in [5, 5.41) is 0. The fourth-order valence-electron chi connectivity index (χ4n) is 2.20. The second-order valence-corrected chi connectivity index (χ2v) is 4.66. The predicted molar refractivity (Wildman–Crippen MR) is 68.2 cm³/mol. The second kappa shape index (κ2) is 8.45. The van der Waals surface area contributed by atoms with E-state index < -0.39 is 6.04 Å². The standard InChI is InChI=1S/C13H25NO4/c1-3-17-13(15)12(14)7-8-18-11-6-4-5-10(9-11)16-2/h10-12H,3-9,14H2,1-2H3. The van der Waals surface area contributed by atoms with Gasteiger partial charge in [0.05, 0.1) is 18.8 Å². The van der Waals surface area contributed by atoms with Crippen molar-refractivity contribution in [2.45, 2.75) is 57.3 Å². The summed E-state index contributed by atoms with van der Waals surface area (Å²) >= 11 is 0. The fraction of sp³-hybridized carbons (Fsp3) is 0.923. The first-order chi connectivity index (χ1) is 8.67. The number of esters is 1. The van der Waals surface area contributed by atoms with Crippen LogP contribution >= 0.6 is 0 Å². The zero-order valence-electron chi connectivity index (χ0n) is 11.4. The summed E-state index contributed by atoms with van der Waals surface area (Å²) in [6.45, 7) is 2.64. The Hall–Kier alpha value is -0.650. The number of hydrogen-bond donors (Lipinski definition) is 1. The van der Waals surface area contributed by atoms with Gasteiger partial charge in [0.1, 0.15) is 6.04 Å². The van der Waals surface area contributed by atoms with Gasteiger partial charge in [-0.05, 0) is 39.0 Å². The average Bonchev–Trinajstić information content (AvgIpc) is 2.39. The van der Waals surface area contributed by atoms with Crippen LogP contribution < -0.4 is 5.73 Å². The maximum Gasteiger partial charge on any atom is 0.322 e. The monoisotopic (exact) mass is 259 g/mol. The van der Waals surface area contributed by atoms with Crippen molar-refractivity contribution in [1.29, 1.82) is 0 Å². The van der Waals surface area contributed by atoms with Gasteiger partial charge in [-0.15, -0.1) is 0 Å². The lowest BCUT2D eigenvalue weighted by molar-refractivity contribution is -0.145. The number of methoxy groups -OCH3 is 1. The van der Waals surface area contributed by atoms with Gasteiger partial charge in [0.15, 0.2) is 0 Å². The van der Waals surface area contributed by atoms with Gasteiger partial charge >= 0.3 is 5.97 Å². The zero-order valence-corrected chi connectivity index (χ0v) is 11.4. The quantitative estimate of drug-likeness (QED) is 0.697. The van der Waals surface area contributed by atoms with Crippen molar-refractivity contribution in [3.05, 3.63) is 0 Å². The van der Waals surface area contributed by atoms with Crippen molar-refractivity contribution in [2.75, 3.05) is 20.3 Å². The number of hydrogen-bond acceptors (Lipinski definition) is 5. The zero-order chi connectivity index (χ0) is 13.4. The van der Waals surface area contributed by atoms with E-state index in [0.29, 0.717) is 25.7 Å². The van der Waals surface area contributed by atoms with Gasteiger partial charge in [-0.25, -0.2) is 0 Å². The normalized spacial score (nSPS) is 25.7. The molecule has 1 fully saturated rings. The molecule has 0 spiro atoms. The Labute approximate surface area is 109 Å². The van der Waals surface area contributed by atoms with Crippen LogP contribution in [0.5, 0.6) is 0 Å². The fourth-order valence-corrected chi connectivity index (χ4v) is 2.20. The van der Waals surface area contributed by atoms with E-state index in [0.717, 1.165) is 25.7 Å². The van der Waals surface area contributed by atoms with Gasteiger partial charge in [-0.2, -0.15) is 0 Å². The predicted octanol–water partition coefficient (Wildman–Crippen LogP) is 1.24. The molecule has 1 saturated carbocycles. The van der Waals surface area contributed by atoms with E-state index in [1.54, 1.807) is 14.0 Å². The lowest BCUT2D eigenvalue weighted by Gasteiger charge is -2.28. The molecule has 2 N–H and O–H groups in total. The molecule has 0 saturated heterocycles. The molecular weight excluding hydrogens is 234 g/mol. The molecule has 5 nitrogen and oxygen atoms in total. The Kier molecular flexibility index (Phi) is 7.23. The molecular formula is C13H25NO4. The molecule has 0 amide bonds. The summed E-state index contributed by atoms with van der Waals surface area (Å²) in [5.41, 5.74) is 5.69. The van der Waals surface area contributed by atoms with Crippen LogP contribution in [0.2, 0.25) is 0 Å². The summed E-state index contributed by atoms with van der Waals surface area (Å²) in [6.07, 6.45) is 5.29. The highest BCUT2D eigenvalue weighted by Gasteiger charge is 2.22. The third-order valence-electron chi connectivity index (χ3n) is 3.28. The topological polar surface area (TPSA) is 70.8 Å². The van der Waals surface area contributed by atoms with E-state index >= 15 is 0 Å². The van der Waals surface area contributed by atoms with Crippen LogP contribution in [0.15, 0.2) is 0 Å². The van der Waals surface area contributed by atoms with E-state index in [9.17, 15) is 4.79 Å². The van der Waals surface area contributed by atoms with E-state index in [-0.39, 0.29) is 12.1 Å². The molecule has 0 aromatic rings. The van der Waals surface area contributed by atoms with E-state index in [4.69, 9.17) is 19.9 Å². The Bertz CT molecular complexity index is 247. The highest BCUT2D eigenvalue weighted by atomic mass is 16.5. The number of carbonyl (C=O) groups excluding carboxylic acids is 1. The van der Waals surface area contributed by atoms with E-state index in [2.05, 4.69) is 0 Å². The summed E-state index contributed by atoms with van der Waals surface area (Å²) in [5.74, 6) is -0.348. The third kappa shape index (κ3) is 5.33. The van der Waals surface area contributed by atoms with Gasteiger partial charge in [0.2, 0.25) is 0 Å². The first-order valence-corrected chi connectivity index (χ1v) is 6.74. The summed E-state index contributed by atoms with van der Waals surface area (Å²) in [4.78, 5) is 11.3. The van der Waals surface area contributed by atoms with Crippen LogP contribution in [0.25, 0.3) is 0 Å². The minimum atomic E-state index is -0.577. The van der Waals surface area contributed by atoms with Crippen molar-refractivity contribution >= 4 is 5.97 Å². The van der Waals surface area contributed by atoms with Gasteiger partial charge in [-0.1, -0.05) is 0 Å². The molecule has 0 aliphatic heterocycles. The Morgan fingerprint density at radius 3 is 2.78 bits per heavy atom. The molecule has 0 heterocycles. The molecule has 18 heavy (non-hydrogen) atoms. The highest BCUT2D eigenvalue weighted by Crippen LogP contribution is 2.23. The third-order valence-corrected chi connectivity index (χ3v) is 3.28. The molecule has 0 radical (unpaired) electrons. The van der Waals surface area contributed by atoms with Crippen LogP contribution in [-0.4, -0.2) is 44.5 Å². The van der Waals surface area contributed by atoms with Crippen molar-refractivity contribution in [1.82, 2.24) is 0 Å². The smallest absolute Gasteiger partial charge is 0.322 e. The first-order valence-electron chi connectivity index (χ1n) is 6.74. The number of rotatable bonds is 7. The largest absolute Gasteiger partial charge is 0.465 e. The lowest BCUT2D eigenvalue weighted by atomic mass is 9.95. The summed E-state index contributed by atoms with van der Waals surface area (Å²) < 4.78 is 15.9. The number of ether oxygens (including phenoxy) is 3. The molecule has 1 rings (SSSR count). The molecule has 0 bridgehead atoms. The van der Waals surface area contributed by atoms with Crippen molar-refractivity contribution < 1.29 is 19.0 Å². The molecule has 1 aliphatic carbocycles. The SMILES string of the molecule is CCOC(=O)C(N)CCOC1CCCC(OC)C1. The van der Waals surface area contributed by atoms with E-state index in [1.165, 1.54) is 0 Å². The van der Waals surface area contributed by atoms with Crippen LogP contribution in [0.1, 0.15) is 39.0 Å². The second-order valence-electron chi connectivity index (χ2n) is 4.66. The molecule has 3 unspecified atom stereocenters. The first kappa shape index (κ1) is 15.4. The van der Waals surface area contributed by atoms with Gasteiger partial charge in [-0.3, -0.25) is 4.79 Å². The van der Waals surface area contributed by atoms with Gasteiger partial charge < -0.3 is 19.9 Å². The summed E-state index contributed by atoms with van der Waals surface area (Å²) in [6, 6.07) is -0.577. The van der Waals surface area contributed by atoms with Gasteiger partial charge in [0.25, 0.3) is 0 Å². The van der Waals surface area contributed by atoms with Crippen molar-refractivity contribution in [3.8, 4) is 0 Å². The molecule has 0 aromatic heterocycles. The average molecular weight is 259 g/mol. The van der Waals surface area contributed by atoms with Crippen LogP contribution in [0, 0.1) is 0 Å². The van der Waals surface area contributed by atoms with Gasteiger partial charge in [0, 0.05) is 13.7 Å². The summed E-state index contributed by atoms with van der Waals surface area (Å²) in [7, 11) is 1.74. The molecule has 1 aliphatic rings. The maximum atomic E-state index is 11.3. The van der Waals surface area contributed by atoms with E-state index in [1.807, 2.05) is 0 Å². The minimum Gasteiger partial charge on any atom is -0.465 e. The molecule has 3 atom stereocenters. The van der Waals surface area contributed by atoms with Crippen LogP contribution in [0.4, 0.5) is 0 Å². The number of nitrogens with two attached hydrogens (primary N) is 1. The Morgan fingerprint density at radius 2 is 2.11 bits per heavy atom. The number of carbonyl (C=O) groups is 1. The highest BCUT2D eigenvalue weighted by molar-refractivity contribution is 5.75. The van der Waals surface area contributed by atoms with Crippen molar-refractivity contribution in [2.24, 2.45) is 5.73 Å². The molecule has 106 valence electrons. The Morgan fingerprint density at radius 1 is 1.39 bits per heavy atom. The molecule has 0 aromatic carbocycles. The van der Waals surface area contributed by atoms with Crippen LogP contribution in [-0.2, 0) is 19.0 Å². The Balaban J connectivity index is 2.15. The minimum absolute atomic E-state index is 0.234. The lowest BCUT2D eigenvalue weighted by Crippen LogP contribution is -2.34.